The molecule has 2 heterocycles. The molecule has 0 saturated carbocycles. The van der Waals surface area contributed by atoms with Gasteiger partial charge in [-0.25, -0.2) is 0 Å². The van der Waals surface area contributed by atoms with Gasteiger partial charge in [-0.2, -0.15) is 0 Å². The average Bonchev–Trinajstić information content (AvgIpc) is 2.67. The Hall–Kier alpha value is -2.28. The SMILES string of the molecule is COc1ccc(N2CCN(C)CC2)c2c1CCN(C(=O)CCCC(N)=O)C2. The van der Waals surface area contributed by atoms with E-state index in [1.54, 1.807) is 7.11 Å². The number of nitrogens with two attached hydrogens (primary N) is 1. The molecule has 0 bridgehead atoms. The van der Waals surface area contributed by atoms with Gasteiger partial charge in [-0.15, -0.1) is 0 Å². The number of amides is 2. The van der Waals surface area contributed by atoms with Crippen LogP contribution >= 0.6 is 0 Å². The number of rotatable bonds is 6. The Bertz CT molecular complexity index is 699. The molecule has 148 valence electrons. The van der Waals surface area contributed by atoms with Crippen LogP contribution in [0.2, 0.25) is 0 Å². The van der Waals surface area contributed by atoms with Crippen molar-refractivity contribution in [3.8, 4) is 5.75 Å². The number of likely N-dealkylation sites (N-methyl/N-ethyl adjacent to an activating group) is 1. The molecule has 2 aliphatic rings. The van der Waals surface area contributed by atoms with Crippen molar-refractivity contribution in [3.05, 3.63) is 23.3 Å². The molecule has 0 unspecified atom stereocenters. The van der Waals surface area contributed by atoms with Crippen LogP contribution in [0.25, 0.3) is 0 Å². The molecule has 1 saturated heterocycles. The summed E-state index contributed by atoms with van der Waals surface area (Å²) in [6, 6.07) is 4.18. The molecule has 7 nitrogen and oxygen atoms in total. The summed E-state index contributed by atoms with van der Waals surface area (Å²) in [5.74, 6) is 0.645. The first kappa shape index (κ1) is 19.5. The maximum absolute atomic E-state index is 12.6. The van der Waals surface area contributed by atoms with Crippen molar-refractivity contribution in [3.63, 3.8) is 0 Å². The first-order chi connectivity index (χ1) is 13.0. The molecule has 1 fully saturated rings. The van der Waals surface area contributed by atoms with Crippen molar-refractivity contribution in [2.45, 2.75) is 32.2 Å². The number of methoxy groups -OCH3 is 1. The Balaban J connectivity index is 1.78. The lowest BCUT2D eigenvalue weighted by Crippen LogP contribution is -2.45. The molecule has 0 radical (unpaired) electrons. The van der Waals surface area contributed by atoms with Crippen LogP contribution in [0.1, 0.15) is 30.4 Å². The number of hydrogen-bond acceptors (Lipinski definition) is 5. The average molecular weight is 374 g/mol. The molecule has 3 rings (SSSR count). The molecule has 1 aromatic carbocycles. The minimum Gasteiger partial charge on any atom is -0.496 e. The van der Waals surface area contributed by atoms with Crippen LogP contribution in [0.5, 0.6) is 5.75 Å². The summed E-state index contributed by atoms with van der Waals surface area (Å²) in [6.45, 7) is 5.34. The van der Waals surface area contributed by atoms with Crippen LogP contribution in [0, 0.1) is 0 Å². The second-order valence-electron chi connectivity index (χ2n) is 7.42. The molecule has 2 amide bonds. The Morgan fingerprint density at radius 1 is 1.07 bits per heavy atom. The maximum atomic E-state index is 12.6. The van der Waals surface area contributed by atoms with Crippen molar-refractivity contribution in [1.82, 2.24) is 9.80 Å². The first-order valence-electron chi connectivity index (χ1n) is 9.68. The number of nitrogens with zero attached hydrogens (tertiary/aromatic N) is 3. The fraction of sp³-hybridized carbons (Fsp3) is 0.600. The Morgan fingerprint density at radius 2 is 1.81 bits per heavy atom. The van der Waals surface area contributed by atoms with Gasteiger partial charge in [-0.3, -0.25) is 9.59 Å². The Kier molecular flexibility index (Phi) is 6.21. The Labute approximate surface area is 161 Å². The zero-order valence-corrected chi connectivity index (χ0v) is 16.4. The Morgan fingerprint density at radius 3 is 2.48 bits per heavy atom. The van der Waals surface area contributed by atoms with Gasteiger partial charge < -0.3 is 25.2 Å². The third-order valence-corrected chi connectivity index (χ3v) is 5.57. The van der Waals surface area contributed by atoms with Gasteiger partial charge in [0.15, 0.2) is 0 Å². The van der Waals surface area contributed by atoms with Gasteiger partial charge in [0.25, 0.3) is 0 Å². The highest BCUT2D eigenvalue weighted by atomic mass is 16.5. The summed E-state index contributed by atoms with van der Waals surface area (Å²) in [4.78, 5) is 30.2. The van der Waals surface area contributed by atoms with Crippen LogP contribution in [0.15, 0.2) is 12.1 Å². The molecular formula is C20H30N4O3. The molecule has 0 atom stereocenters. The predicted octanol–water partition coefficient (Wildman–Crippen LogP) is 0.987. The number of hydrogen-bond donors (Lipinski definition) is 1. The van der Waals surface area contributed by atoms with Gasteiger partial charge in [-0.1, -0.05) is 0 Å². The van der Waals surface area contributed by atoms with E-state index in [4.69, 9.17) is 10.5 Å². The van der Waals surface area contributed by atoms with E-state index in [0.29, 0.717) is 25.9 Å². The monoisotopic (exact) mass is 374 g/mol. The first-order valence-corrected chi connectivity index (χ1v) is 9.68. The van der Waals surface area contributed by atoms with E-state index >= 15 is 0 Å². The van der Waals surface area contributed by atoms with Crippen molar-refractivity contribution in [1.29, 1.82) is 0 Å². The summed E-state index contributed by atoms with van der Waals surface area (Å²) in [6.07, 6.45) is 1.94. The molecule has 27 heavy (non-hydrogen) atoms. The van der Waals surface area contributed by atoms with Crippen molar-refractivity contribution < 1.29 is 14.3 Å². The molecule has 7 heteroatoms. The molecule has 0 aromatic heterocycles. The largest absolute Gasteiger partial charge is 0.496 e. The van der Waals surface area contributed by atoms with E-state index in [1.807, 2.05) is 4.90 Å². The molecule has 2 aliphatic heterocycles. The van der Waals surface area contributed by atoms with Crippen molar-refractivity contribution >= 4 is 17.5 Å². The van der Waals surface area contributed by atoms with Crippen LogP contribution in [0.4, 0.5) is 5.69 Å². The molecule has 0 spiro atoms. The van der Waals surface area contributed by atoms with Crippen LogP contribution in [-0.4, -0.2) is 68.5 Å². The highest BCUT2D eigenvalue weighted by Crippen LogP contribution is 2.36. The lowest BCUT2D eigenvalue weighted by molar-refractivity contribution is -0.132. The van der Waals surface area contributed by atoms with E-state index in [1.165, 1.54) is 16.8 Å². The van der Waals surface area contributed by atoms with Gasteiger partial charge in [0.1, 0.15) is 5.75 Å². The minimum atomic E-state index is -0.353. The summed E-state index contributed by atoms with van der Waals surface area (Å²) >= 11 is 0. The predicted molar refractivity (Wildman–Crippen MR) is 105 cm³/mol. The molecular weight excluding hydrogens is 344 g/mol. The third-order valence-electron chi connectivity index (χ3n) is 5.57. The van der Waals surface area contributed by atoms with E-state index in [-0.39, 0.29) is 18.2 Å². The minimum absolute atomic E-state index is 0.0917. The van der Waals surface area contributed by atoms with Crippen LogP contribution in [0.3, 0.4) is 0 Å². The van der Waals surface area contributed by atoms with Crippen LogP contribution in [-0.2, 0) is 22.6 Å². The number of carbonyl (C=O) groups excluding carboxylic acids is 2. The van der Waals surface area contributed by atoms with Gasteiger partial charge in [0, 0.05) is 68.9 Å². The number of benzene rings is 1. The zero-order valence-electron chi connectivity index (χ0n) is 16.4. The van der Waals surface area contributed by atoms with Crippen LogP contribution < -0.4 is 15.4 Å². The second kappa shape index (κ2) is 8.61. The number of ether oxygens (including phenoxy) is 1. The van der Waals surface area contributed by atoms with E-state index in [9.17, 15) is 9.59 Å². The summed E-state index contributed by atoms with van der Waals surface area (Å²) in [5, 5.41) is 0. The fourth-order valence-corrected chi connectivity index (χ4v) is 3.95. The quantitative estimate of drug-likeness (QED) is 0.803. The highest BCUT2D eigenvalue weighted by Gasteiger charge is 2.27. The normalized spacial score (nSPS) is 17.6. The number of fused-ring (bicyclic) bond motifs is 1. The molecule has 1 aromatic rings. The zero-order chi connectivity index (χ0) is 19.4. The lowest BCUT2D eigenvalue weighted by atomic mass is 9.95. The molecule has 2 N–H and O–H groups in total. The molecule has 0 aliphatic carbocycles. The number of piperazine rings is 1. The van der Waals surface area contributed by atoms with Crippen molar-refractivity contribution in [2.24, 2.45) is 5.73 Å². The lowest BCUT2D eigenvalue weighted by Gasteiger charge is -2.38. The summed E-state index contributed by atoms with van der Waals surface area (Å²) < 4.78 is 5.58. The summed E-state index contributed by atoms with van der Waals surface area (Å²) in [5.41, 5.74) is 8.81. The topological polar surface area (TPSA) is 79.1 Å². The fourth-order valence-electron chi connectivity index (χ4n) is 3.95. The van der Waals surface area contributed by atoms with Gasteiger partial charge in [-0.05, 0) is 32.0 Å². The van der Waals surface area contributed by atoms with E-state index in [0.717, 1.165) is 38.3 Å². The van der Waals surface area contributed by atoms with E-state index in [2.05, 4.69) is 29.0 Å². The van der Waals surface area contributed by atoms with E-state index < -0.39 is 0 Å². The van der Waals surface area contributed by atoms with Gasteiger partial charge in [0.2, 0.25) is 11.8 Å². The third kappa shape index (κ3) is 4.53. The number of carbonyl (C=O) groups is 2. The van der Waals surface area contributed by atoms with Gasteiger partial charge >= 0.3 is 0 Å². The number of anilines is 1. The smallest absolute Gasteiger partial charge is 0.222 e. The second-order valence-corrected chi connectivity index (χ2v) is 7.42. The maximum Gasteiger partial charge on any atom is 0.222 e. The number of primary amides is 1. The standard InChI is InChI=1S/C20H30N4O3/c1-22-10-12-23(13-11-22)17-6-7-18(27-2)15-8-9-24(14-16(15)17)20(26)5-3-4-19(21)25/h6-7H,3-5,8-14H2,1-2H3,(H2,21,25). The van der Waals surface area contributed by atoms with Gasteiger partial charge in [0.05, 0.1) is 7.11 Å². The van der Waals surface area contributed by atoms with Crippen molar-refractivity contribution in [2.75, 3.05) is 51.8 Å². The summed E-state index contributed by atoms with van der Waals surface area (Å²) in [7, 11) is 3.85. The highest BCUT2D eigenvalue weighted by molar-refractivity contribution is 5.79.